The second-order valence-electron chi connectivity index (χ2n) is 2.98. The molecule has 0 radical (unpaired) electrons. The fraction of sp³-hybridized carbons (Fsp3) is 0.222. The fourth-order valence-corrected chi connectivity index (χ4v) is 1.29. The molecule has 0 amide bonds. The van der Waals surface area contributed by atoms with E-state index in [-0.39, 0.29) is 22.5 Å². The Morgan fingerprint density at radius 3 is 1.88 bits per heavy atom. The number of rotatable bonds is 4. The maximum absolute atomic E-state index is 11.0. The van der Waals surface area contributed by atoms with Crippen LogP contribution in [0.5, 0.6) is 11.5 Å². The van der Waals surface area contributed by atoms with Crippen LogP contribution in [0.15, 0.2) is 12.1 Å². The molecule has 0 aromatic heterocycles. The molecule has 0 aliphatic carbocycles. The summed E-state index contributed by atoms with van der Waals surface area (Å²) in [6.45, 7) is 0. The Balaban J connectivity index is 3.43. The van der Waals surface area contributed by atoms with Crippen LogP contribution >= 0.6 is 0 Å². The highest BCUT2D eigenvalue weighted by molar-refractivity contribution is 6.58. The lowest BCUT2D eigenvalue weighted by atomic mass is 9.79. The number of carboxylic acids is 1. The van der Waals surface area contributed by atoms with Gasteiger partial charge in [0.25, 0.3) is 0 Å². The molecule has 7 heteroatoms. The average molecular weight is 226 g/mol. The molecule has 0 bridgehead atoms. The number of hydrogen-bond donors (Lipinski definition) is 3. The highest BCUT2D eigenvalue weighted by Crippen LogP contribution is 2.27. The van der Waals surface area contributed by atoms with E-state index in [0.717, 1.165) is 0 Å². The molecule has 86 valence electrons. The van der Waals surface area contributed by atoms with E-state index in [9.17, 15) is 4.79 Å². The first-order valence-corrected chi connectivity index (χ1v) is 4.36. The van der Waals surface area contributed by atoms with Gasteiger partial charge < -0.3 is 24.6 Å². The van der Waals surface area contributed by atoms with E-state index in [2.05, 4.69) is 0 Å². The van der Waals surface area contributed by atoms with E-state index in [0.29, 0.717) is 0 Å². The van der Waals surface area contributed by atoms with Gasteiger partial charge in [-0.15, -0.1) is 0 Å². The summed E-state index contributed by atoms with van der Waals surface area (Å²) in [6, 6.07) is 2.47. The van der Waals surface area contributed by atoms with Crippen LogP contribution in [0.25, 0.3) is 0 Å². The summed E-state index contributed by atoms with van der Waals surface area (Å²) in [7, 11) is 0.856. The average Bonchev–Trinajstić information content (AvgIpc) is 2.26. The Kier molecular flexibility index (Phi) is 3.75. The molecular weight excluding hydrogens is 215 g/mol. The summed E-state index contributed by atoms with van der Waals surface area (Å²) < 4.78 is 9.71. The molecule has 0 aliphatic heterocycles. The van der Waals surface area contributed by atoms with Gasteiger partial charge in [0, 0.05) is 0 Å². The van der Waals surface area contributed by atoms with Crippen LogP contribution in [0.4, 0.5) is 0 Å². The third-order valence-electron chi connectivity index (χ3n) is 2.04. The Morgan fingerprint density at radius 2 is 1.62 bits per heavy atom. The van der Waals surface area contributed by atoms with Crippen LogP contribution < -0.4 is 14.9 Å². The maximum Gasteiger partial charge on any atom is 0.488 e. The molecule has 0 saturated carbocycles. The topological polar surface area (TPSA) is 96.2 Å². The van der Waals surface area contributed by atoms with Gasteiger partial charge in [-0.25, -0.2) is 4.79 Å². The highest BCUT2D eigenvalue weighted by atomic mass is 16.5. The zero-order chi connectivity index (χ0) is 12.3. The third-order valence-corrected chi connectivity index (χ3v) is 2.04. The minimum absolute atomic E-state index is 0.00921. The van der Waals surface area contributed by atoms with Gasteiger partial charge in [0.15, 0.2) is 0 Å². The van der Waals surface area contributed by atoms with Gasteiger partial charge in [-0.05, 0) is 17.6 Å². The molecule has 16 heavy (non-hydrogen) atoms. The van der Waals surface area contributed by atoms with Gasteiger partial charge in [0.05, 0.1) is 14.2 Å². The minimum Gasteiger partial charge on any atom is -0.496 e. The van der Waals surface area contributed by atoms with E-state index >= 15 is 0 Å². The fourth-order valence-electron chi connectivity index (χ4n) is 1.29. The van der Waals surface area contributed by atoms with Gasteiger partial charge in [-0.3, -0.25) is 0 Å². The molecule has 1 aromatic carbocycles. The van der Waals surface area contributed by atoms with Crippen molar-refractivity contribution in [1.29, 1.82) is 0 Å². The van der Waals surface area contributed by atoms with E-state index in [1.807, 2.05) is 0 Å². The number of benzene rings is 1. The molecule has 0 heterocycles. The predicted octanol–water partition coefficient (Wildman–Crippen LogP) is -0.918. The van der Waals surface area contributed by atoms with Crippen LogP contribution in [0, 0.1) is 0 Å². The smallest absolute Gasteiger partial charge is 0.488 e. The summed E-state index contributed by atoms with van der Waals surface area (Å²) in [4.78, 5) is 11.0. The number of ether oxygens (including phenoxy) is 2. The van der Waals surface area contributed by atoms with Gasteiger partial charge in [0.1, 0.15) is 17.1 Å². The van der Waals surface area contributed by atoms with Crippen molar-refractivity contribution in [3.63, 3.8) is 0 Å². The van der Waals surface area contributed by atoms with Crippen molar-refractivity contribution in [2.24, 2.45) is 0 Å². The van der Waals surface area contributed by atoms with E-state index in [1.165, 1.54) is 26.4 Å². The number of methoxy groups -OCH3 is 2. The Labute approximate surface area is 92.2 Å². The molecule has 0 aliphatic rings. The molecule has 1 rings (SSSR count). The van der Waals surface area contributed by atoms with E-state index in [4.69, 9.17) is 24.6 Å². The lowest BCUT2D eigenvalue weighted by molar-refractivity contribution is 0.0689. The summed E-state index contributed by atoms with van der Waals surface area (Å²) in [5.41, 5.74) is -0.0619. The lowest BCUT2D eigenvalue weighted by Crippen LogP contribution is -2.30. The van der Waals surface area contributed by atoms with Gasteiger partial charge in [-0.1, -0.05) is 0 Å². The number of carbonyl (C=O) groups is 1. The summed E-state index contributed by atoms with van der Waals surface area (Å²) in [5, 5.41) is 26.9. The highest BCUT2D eigenvalue weighted by Gasteiger charge is 2.22. The first kappa shape index (κ1) is 12.3. The second kappa shape index (κ2) is 4.87. The molecular formula is C9H11BO6. The first-order chi connectivity index (χ1) is 7.51. The van der Waals surface area contributed by atoms with Crippen molar-refractivity contribution in [2.75, 3.05) is 14.2 Å². The molecule has 3 N–H and O–H groups in total. The van der Waals surface area contributed by atoms with Crippen LogP contribution in [0.1, 0.15) is 10.4 Å². The lowest BCUT2D eigenvalue weighted by Gasteiger charge is -2.12. The SMILES string of the molecule is COc1cc(B(O)O)cc(OC)c1C(=O)O. The van der Waals surface area contributed by atoms with Crippen molar-refractivity contribution >= 4 is 18.6 Å². The monoisotopic (exact) mass is 226 g/mol. The third kappa shape index (κ3) is 2.26. The molecule has 6 nitrogen and oxygen atoms in total. The number of aromatic carboxylic acids is 1. The largest absolute Gasteiger partial charge is 0.496 e. The molecule has 0 atom stereocenters. The standard InChI is InChI=1S/C9H11BO6/c1-15-6-3-5(10(13)14)4-7(16-2)8(6)9(11)12/h3-4,13-14H,1-2H3,(H,11,12). The Bertz CT molecular complexity index is 378. The summed E-state index contributed by atoms with van der Waals surface area (Å²) in [5.74, 6) is -1.20. The quantitative estimate of drug-likeness (QED) is 0.574. The second-order valence-corrected chi connectivity index (χ2v) is 2.98. The van der Waals surface area contributed by atoms with Crippen molar-refractivity contribution in [2.45, 2.75) is 0 Å². The Hall–Kier alpha value is -1.73. The van der Waals surface area contributed by atoms with Crippen molar-refractivity contribution in [3.05, 3.63) is 17.7 Å². The first-order valence-electron chi connectivity index (χ1n) is 4.36. The predicted molar refractivity (Wildman–Crippen MR) is 56.3 cm³/mol. The van der Waals surface area contributed by atoms with E-state index in [1.54, 1.807) is 0 Å². The zero-order valence-corrected chi connectivity index (χ0v) is 8.80. The van der Waals surface area contributed by atoms with Crippen LogP contribution in [0.3, 0.4) is 0 Å². The van der Waals surface area contributed by atoms with Crippen molar-refractivity contribution < 1.29 is 29.4 Å². The number of carboxylic acid groups (broad SMARTS) is 1. The zero-order valence-electron chi connectivity index (χ0n) is 8.80. The molecule has 0 fully saturated rings. The number of hydrogen-bond acceptors (Lipinski definition) is 5. The van der Waals surface area contributed by atoms with Crippen LogP contribution in [-0.4, -0.2) is 42.5 Å². The molecule has 0 saturated heterocycles. The summed E-state index contributed by atoms with van der Waals surface area (Å²) in [6.07, 6.45) is 0. The minimum atomic E-state index is -1.72. The van der Waals surface area contributed by atoms with Gasteiger partial charge in [-0.2, -0.15) is 0 Å². The van der Waals surface area contributed by atoms with E-state index < -0.39 is 13.1 Å². The van der Waals surface area contributed by atoms with Crippen LogP contribution in [0.2, 0.25) is 0 Å². The van der Waals surface area contributed by atoms with Crippen LogP contribution in [-0.2, 0) is 0 Å². The normalized spacial score (nSPS) is 9.75. The van der Waals surface area contributed by atoms with Crippen molar-refractivity contribution in [1.82, 2.24) is 0 Å². The van der Waals surface area contributed by atoms with Gasteiger partial charge in [0.2, 0.25) is 0 Å². The molecule has 0 unspecified atom stereocenters. The molecule has 0 spiro atoms. The maximum atomic E-state index is 11.0. The van der Waals surface area contributed by atoms with Crippen molar-refractivity contribution in [3.8, 4) is 11.5 Å². The summed E-state index contributed by atoms with van der Waals surface area (Å²) >= 11 is 0. The van der Waals surface area contributed by atoms with Gasteiger partial charge >= 0.3 is 13.1 Å². The Morgan fingerprint density at radius 1 is 1.19 bits per heavy atom. The molecule has 1 aromatic rings.